The second kappa shape index (κ2) is 7.74. The van der Waals surface area contributed by atoms with Gasteiger partial charge in [0.05, 0.1) is 17.5 Å². The number of carbonyl (C=O) groups is 1. The zero-order chi connectivity index (χ0) is 19.4. The molecule has 138 valence electrons. The minimum absolute atomic E-state index is 0.0430. The van der Waals surface area contributed by atoms with E-state index in [1.165, 1.54) is 12.3 Å². The Morgan fingerprint density at radius 3 is 2.63 bits per heavy atom. The molecule has 7 heteroatoms. The van der Waals surface area contributed by atoms with Crippen molar-refractivity contribution in [3.63, 3.8) is 0 Å². The smallest absolute Gasteiger partial charge is 0.339 e. The van der Waals surface area contributed by atoms with Crippen LogP contribution in [0.15, 0.2) is 53.7 Å². The highest BCUT2D eigenvalue weighted by atomic mass is 16.6. The molecule has 27 heavy (non-hydrogen) atoms. The number of rotatable bonds is 6. The third-order valence-corrected chi connectivity index (χ3v) is 3.87. The minimum Gasteiger partial charge on any atom is -0.478 e. The van der Waals surface area contributed by atoms with Gasteiger partial charge in [0, 0.05) is 7.05 Å². The van der Waals surface area contributed by atoms with Crippen molar-refractivity contribution in [3.8, 4) is 17.4 Å². The largest absolute Gasteiger partial charge is 0.478 e. The van der Waals surface area contributed by atoms with E-state index in [4.69, 9.17) is 9.57 Å². The van der Waals surface area contributed by atoms with Gasteiger partial charge in [0.1, 0.15) is 11.3 Å². The van der Waals surface area contributed by atoms with Crippen LogP contribution in [0.5, 0.6) is 17.4 Å². The number of oxime groups is 1. The second-order valence-electron chi connectivity index (χ2n) is 5.97. The average Bonchev–Trinajstić information content (AvgIpc) is 2.89. The lowest BCUT2D eigenvalue weighted by Crippen LogP contribution is -2.01. The first-order chi connectivity index (χ1) is 13.0. The van der Waals surface area contributed by atoms with Crippen molar-refractivity contribution in [2.75, 3.05) is 0 Å². The number of carboxylic acid groups (broad SMARTS) is 1. The molecule has 0 aliphatic heterocycles. The predicted octanol–water partition coefficient (Wildman–Crippen LogP) is 3.94. The summed E-state index contributed by atoms with van der Waals surface area (Å²) in [7, 11) is 1.77. The van der Waals surface area contributed by atoms with Gasteiger partial charge in [0.2, 0.25) is 5.88 Å². The Hall–Kier alpha value is -3.61. The molecule has 1 N–H and O–H groups in total. The monoisotopic (exact) mass is 365 g/mol. The van der Waals surface area contributed by atoms with Gasteiger partial charge in [-0.15, -0.1) is 0 Å². The van der Waals surface area contributed by atoms with Gasteiger partial charge in [-0.3, -0.25) is 0 Å². The molecular formula is C20H19N3O4. The van der Waals surface area contributed by atoms with Crippen LogP contribution in [-0.4, -0.2) is 27.1 Å². The van der Waals surface area contributed by atoms with E-state index in [2.05, 4.69) is 10.3 Å². The van der Waals surface area contributed by atoms with Crippen LogP contribution < -0.4 is 9.57 Å². The first kappa shape index (κ1) is 18.2. The van der Waals surface area contributed by atoms with Gasteiger partial charge in [-0.25, -0.2) is 9.48 Å². The predicted molar refractivity (Wildman–Crippen MR) is 101 cm³/mol. The number of aromatic nitrogens is 2. The molecule has 7 nitrogen and oxygen atoms in total. The van der Waals surface area contributed by atoms with Crippen LogP contribution >= 0.6 is 0 Å². The molecule has 1 aromatic heterocycles. The molecule has 0 radical (unpaired) electrons. The molecule has 3 rings (SSSR count). The molecule has 0 fully saturated rings. The summed E-state index contributed by atoms with van der Waals surface area (Å²) in [6.45, 7) is 3.67. The van der Waals surface area contributed by atoms with Crippen LogP contribution in [0.4, 0.5) is 0 Å². The zero-order valence-corrected chi connectivity index (χ0v) is 15.2. The van der Waals surface area contributed by atoms with E-state index in [9.17, 15) is 9.90 Å². The number of carboxylic acids is 1. The van der Waals surface area contributed by atoms with Crippen molar-refractivity contribution in [2.24, 2.45) is 12.2 Å². The topological polar surface area (TPSA) is 85.9 Å². The highest BCUT2D eigenvalue weighted by Crippen LogP contribution is 2.26. The zero-order valence-electron chi connectivity index (χ0n) is 15.2. The molecule has 0 bridgehead atoms. The van der Waals surface area contributed by atoms with E-state index in [1.807, 2.05) is 44.2 Å². The fourth-order valence-electron chi connectivity index (χ4n) is 2.54. The Morgan fingerprint density at radius 1 is 1.19 bits per heavy atom. The van der Waals surface area contributed by atoms with Gasteiger partial charge < -0.3 is 14.7 Å². The number of nitrogens with zero attached hydrogens (tertiary/aromatic N) is 3. The van der Waals surface area contributed by atoms with Crippen molar-refractivity contribution in [1.29, 1.82) is 0 Å². The van der Waals surface area contributed by atoms with Crippen LogP contribution in [0, 0.1) is 13.8 Å². The fourth-order valence-corrected chi connectivity index (χ4v) is 2.54. The van der Waals surface area contributed by atoms with Crippen molar-refractivity contribution in [2.45, 2.75) is 13.8 Å². The summed E-state index contributed by atoms with van der Waals surface area (Å²) in [5.74, 6) is 0.272. The molecule has 3 aromatic rings. The number of aromatic carboxylic acids is 1. The van der Waals surface area contributed by atoms with E-state index in [1.54, 1.807) is 23.9 Å². The molecular weight excluding hydrogens is 346 g/mol. The average molecular weight is 365 g/mol. The lowest BCUT2D eigenvalue weighted by Gasteiger charge is -2.07. The number of para-hydroxylation sites is 1. The summed E-state index contributed by atoms with van der Waals surface area (Å²) in [4.78, 5) is 16.7. The number of aryl methyl sites for hydroxylation is 3. The lowest BCUT2D eigenvalue weighted by atomic mass is 10.1. The number of benzene rings is 2. The molecule has 0 unspecified atom stereocenters. The number of ether oxygens (including phenoxy) is 1. The van der Waals surface area contributed by atoms with Crippen molar-refractivity contribution in [1.82, 2.24) is 9.78 Å². The molecule has 0 spiro atoms. The highest BCUT2D eigenvalue weighted by Gasteiger charge is 2.15. The summed E-state index contributed by atoms with van der Waals surface area (Å²) < 4.78 is 7.51. The van der Waals surface area contributed by atoms with Crippen LogP contribution in [0.1, 0.15) is 27.2 Å². The van der Waals surface area contributed by atoms with Gasteiger partial charge in [0.15, 0.2) is 5.75 Å². The number of hydrogen-bond acceptors (Lipinski definition) is 5. The summed E-state index contributed by atoms with van der Waals surface area (Å²) in [6, 6.07) is 14.1. The van der Waals surface area contributed by atoms with Crippen LogP contribution in [0.2, 0.25) is 0 Å². The van der Waals surface area contributed by atoms with Crippen LogP contribution in [0.25, 0.3) is 0 Å². The minimum atomic E-state index is -1.08. The second-order valence-corrected chi connectivity index (χ2v) is 5.97. The highest BCUT2D eigenvalue weighted by molar-refractivity contribution is 5.91. The molecule has 0 aliphatic rings. The Kier molecular flexibility index (Phi) is 5.21. The van der Waals surface area contributed by atoms with Gasteiger partial charge >= 0.3 is 5.97 Å². The maximum atomic E-state index is 11.3. The third-order valence-electron chi connectivity index (χ3n) is 3.87. The Balaban J connectivity index is 1.86. The van der Waals surface area contributed by atoms with E-state index in [0.717, 1.165) is 5.56 Å². The van der Waals surface area contributed by atoms with E-state index >= 15 is 0 Å². The standard InChI is InChI=1S/C20H19N3O4/c1-13-9-10-16(20(24)25)18(11-13)27-21-12-17-14(2)22-23(3)19(17)26-15-7-5-4-6-8-15/h4-12H,1-3H3,(H,24,25)/b21-12+. The lowest BCUT2D eigenvalue weighted by molar-refractivity contribution is 0.0692. The Bertz CT molecular complexity index is 994. The van der Waals surface area contributed by atoms with Crippen molar-refractivity contribution < 1.29 is 19.5 Å². The van der Waals surface area contributed by atoms with Crippen LogP contribution in [0.3, 0.4) is 0 Å². The summed E-state index contributed by atoms with van der Waals surface area (Å²) >= 11 is 0. The first-order valence-electron chi connectivity index (χ1n) is 8.26. The van der Waals surface area contributed by atoms with Crippen LogP contribution in [-0.2, 0) is 7.05 Å². The molecule has 0 atom stereocenters. The van der Waals surface area contributed by atoms with Gasteiger partial charge in [-0.1, -0.05) is 29.4 Å². The van der Waals surface area contributed by atoms with Gasteiger partial charge in [0.25, 0.3) is 0 Å². The molecule has 0 saturated heterocycles. The molecule has 0 saturated carbocycles. The van der Waals surface area contributed by atoms with Crippen molar-refractivity contribution in [3.05, 3.63) is 70.9 Å². The Labute approximate surface area is 156 Å². The SMILES string of the molecule is Cc1ccc(C(=O)O)c(O/N=C/c2c(C)nn(C)c2Oc2ccccc2)c1. The van der Waals surface area contributed by atoms with E-state index in [-0.39, 0.29) is 11.3 Å². The number of hydrogen-bond donors (Lipinski definition) is 1. The van der Waals surface area contributed by atoms with E-state index < -0.39 is 5.97 Å². The van der Waals surface area contributed by atoms with Crippen molar-refractivity contribution >= 4 is 12.2 Å². The third kappa shape index (κ3) is 4.14. The molecule has 0 aliphatic carbocycles. The summed E-state index contributed by atoms with van der Waals surface area (Å²) in [6.07, 6.45) is 1.47. The van der Waals surface area contributed by atoms with Gasteiger partial charge in [-0.05, 0) is 43.7 Å². The first-order valence-corrected chi connectivity index (χ1v) is 8.26. The van der Waals surface area contributed by atoms with E-state index in [0.29, 0.717) is 22.9 Å². The molecule has 1 heterocycles. The molecule has 0 amide bonds. The summed E-state index contributed by atoms with van der Waals surface area (Å²) in [5.41, 5.74) is 2.27. The van der Waals surface area contributed by atoms with Gasteiger partial charge in [-0.2, -0.15) is 5.10 Å². The quantitative estimate of drug-likeness (QED) is 0.528. The Morgan fingerprint density at radius 2 is 1.93 bits per heavy atom. The normalized spacial score (nSPS) is 10.9. The summed E-state index contributed by atoms with van der Waals surface area (Å²) in [5, 5.41) is 17.6. The fraction of sp³-hybridized carbons (Fsp3) is 0.150. The molecule has 2 aromatic carbocycles. The maximum Gasteiger partial charge on any atom is 0.339 e. The maximum absolute atomic E-state index is 11.3.